The highest BCUT2D eigenvalue weighted by atomic mass is 16.5. The summed E-state index contributed by atoms with van der Waals surface area (Å²) in [4.78, 5) is 13.6. The molecule has 0 fully saturated rings. The van der Waals surface area contributed by atoms with Gasteiger partial charge in [0.15, 0.2) is 5.69 Å². The van der Waals surface area contributed by atoms with Crippen LogP contribution in [0.3, 0.4) is 0 Å². The van der Waals surface area contributed by atoms with Crippen molar-refractivity contribution < 1.29 is 9.53 Å². The average Bonchev–Trinajstić information content (AvgIpc) is 2.81. The number of carbonyl (C=O) groups is 1. The zero-order chi connectivity index (χ0) is 13.8. The predicted molar refractivity (Wildman–Crippen MR) is 73.7 cm³/mol. The Morgan fingerprint density at radius 2 is 2.05 bits per heavy atom. The molecule has 0 atom stereocenters. The van der Waals surface area contributed by atoms with E-state index in [1.807, 2.05) is 42.3 Å². The number of carbonyl (C=O) groups excluding carboxylic acids is 1. The van der Waals surface area contributed by atoms with E-state index in [4.69, 9.17) is 4.74 Å². The van der Waals surface area contributed by atoms with Crippen LogP contribution < -0.4 is 4.90 Å². The van der Waals surface area contributed by atoms with Gasteiger partial charge < -0.3 is 9.64 Å². The van der Waals surface area contributed by atoms with Crippen LogP contribution in [0.15, 0.2) is 36.4 Å². The topological polar surface area (TPSA) is 47.4 Å². The number of esters is 1. The van der Waals surface area contributed by atoms with Crippen LogP contribution in [-0.2, 0) is 11.8 Å². The van der Waals surface area contributed by atoms with Crippen LogP contribution >= 0.6 is 0 Å². The van der Waals surface area contributed by atoms with Crippen molar-refractivity contribution >= 4 is 17.5 Å². The summed E-state index contributed by atoms with van der Waals surface area (Å²) in [7, 11) is 3.73. The number of hydrogen-bond donors (Lipinski definition) is 0. The molecule has 1 aromatic carbocycles. The van der Waals surface area contributed by atoms with Crippen molar-refractivity contribution in [2.24, 2.45) is 7.05 Å². The van der Waals surface area contributed by atoms with E-state index < -0.39 is 5.97 Å². The Balaban J connectivity index is 2.28. The van der Waals surface area contributed by atoms with Crippen LogP contribution in [0, 0.1) is 0 Å². The zero-order valence-corrected chi connectivity index (χ0v) is 11.3. The van der Waals surface area contributed by atoms with E-state index in [1.54, 1.807) is 24.7 Å². The minimum Gasteiger partial charge on any atom is -0.461 e. The van der Waals surface area contributed by atoms with Crippen LogP contribution in [0.4, 0.5) is 11.5 Å². The first kappa shape index (κ1) is 13.1. The molecule has 2 aromatic rings. The summed E-state index contributed by atoms with van der Waals surface area (Å²) in [6, 6.07) is 11.6. The van der Waals surface area contributed by atoms with E-state index in [1.165, 1.54) is 0 Å². The lowest BCUT2D eigenvalue weighted by molar-refractivity contribution is 0.0518. The Labute approximate surface area is 112 Å². The van der Waals surface area contributed by atoms with Gasteiger partial charge in [0.2, 0.25) is 0 Å². The number of aryl methyl sites for hydroxylation is 1. The van der Waals surface area contributed by atoms with Gasteiger partial charge in [-0.05, 0) is 19.1 Å². The Hall–Kier alpha value is -2.30. The van der Waals surface area contributed by atoms with Crippen molar-refractivity contribution in [2.75, 3.05) is 18.6 Å². The quantitative estimate of drug-likeness (QED) is 0.791. The molecule has 0 aliphatic heterocycles. The van der Waals surface area contributed by atoms with Crippen LogP contribution in [0.1, 0.15) is 17.4 Å². The van der Waals surface area contributed by atoms with Gasteiger partial charge in [-0.25, -0.2) is 4.79 Å². The molecule has 100 valence electrons. The molecule has 0 saturated carbocycles. The summed E-state index contributed by atoms with van der Waals surface area (Å²) in [5.41, 5.74) is 1.35. The highest BCUT2D eigenvalue weighted by molar-refractivity contribution is 5.88. The number of aromatic nitrogens is 2. The summed E-state index contributed by atoms with van der Waals surface area (Å²) in [5.74, 6) is 0.431. The second kappa shape index (κ2) is 5.56. The summed E-state index contributed by atoms with van der Waals surface area (Å²) >= 11 is 0. The molecule has 1 heterocycles. The molecule has 2 rings (SSSR count). The minimum atomic E-state index is -0.397. The van der Waals surface area contributed by atoms with Crippen molar-refractivity contribution in [1.82, 2.24) is 9.78 Å². The second-order valence-electron chi connectivity index (χ2n) is 4.13. The first-order valence-corrected chi connectivity index (χ1v) is 6.13. The molecule has 0 aliphatic carbocycles. The van der Waals surface area contributed by atoms with E-state index in [2.05, 4.69) is 5.10 Å². The maximum absolute atomic E-state index is 11.7. The van der Waals surface area contributed by atoms with Gasteiger partial charge in [-0.1, -0.05) is 18.2 Å². The third kappa shape index (κ3) is 2.76. The first-order chi connectivity index (χ1) is 9.13. The fourth-order valence-corrected chi connectivity index (χ4v) is 1.86. The van der Waals surface area contributed by atoms with Crippen molar-refractivity contribution in [3.05, 3.63) is 42.1 Å². The van der Waals surface area contributed by atoms with Crippen LogP contribution in [0.25, 0.3) is 0 Å². The molecule has 19 heavy (non-hydrogen) atoms. The zero-order valence-electron chi connectivity index (χ0n) is 11.3. The fraction of sp³-hybridized carbons (Fsp3) is 0.286. The smallest absolute Gasteiger partial charge is 0.358 e. The molecular formula is C14H17N3O2. The van der Waals surface area contributed by atoms with Gasteiger partial charge in [0.1, 0.15) is 5.82 Å². The van der Waals surface area contributed by atoms with Crippen molar-refractivity contribution in [3.8, 4) is 0 Å². The summed E-state index contributed by atoms with van der Waals surface area (Å²) in [6.45, 7) is 2.12. The van der Waals surface area contributed by atoms with Crippen LogP contribution in [0.2, 0.25) is 0 Å². The van der Waals surface area contributed by atoms with Gasteiger partial charge in [0.25, 0.3) is 0 Å². The monoisotopic (exact) mass is 259 g/mol. The predicted octanol–water partition coefficient (Wildman–Crippen LogP) is 2.36. The molecular weight excluding hydrogens is 242 g/mol. The van der Waals surface area contributed by atoms with E-state index in [-0.39, 0.29) is 0 Å². The lowest BCUT2D eigenvalue weighted by Crippen LogP contribution is -2.13. The molecule has 5 heteroatoms. The van der Waals surface area contributed by atoms with Gasteiger partial charge in [-0.15, -0.1) is 0 Å². The third-order valence-corrected chi connectivity index (χ3v) is 2.83. The highest BCUT2D eigenvalue weighted by Crippen LogP contribution is 2.23. The highest BCUT2D eigenvalue weighted by Gasteiger charge is 2.16. The standard InChI is InChI=1S/C14H17N3O2/c1-4-19-14(18)12-10-13(17(3)15-12)16(2)11-8-6-5-7-9-11/h5-10H,4H2,1-3H3. The number of rotatable bonds is 4. The van der Waals surface area contributed by atoms with Gasteiger partial charge in [0, 0.05) is 25.8 Å². The molecule has 0 amide bonds. The number of hydrogen-bond acceptors (Lipinski definition) is 4. The number of anilines is 2. The minimum absolute atomic E-state index is 0.321. The van der Waals surface area contributed by atoms with E-state index in [9.17, 15) is 4.79 Å². The molecule has 0 saturated heterocycles. The fourth-order valence-electron chi connectivity index (χ4n) is 1.86. The van der Waals surface area contributed by atoms with Gasteiger partial charge in [0.05, 0.1) is 6.61 Å². The van der Waals surface area contributed by atoms with Crippen LogP contribution in [0.5, 0.6) is 0 Å². The van der Waals surface area contributed by atoms with Crippen molar-refractivity contribution in [3.63, 3.8) is 0 Å². The molecule has 0 bridgehead atoms. The van der Waals surface area contributed by atoms with Crippen molar-refractivity contribution in [2.45, 2.75) is 6.92 Å². The molecule has 1 aromatic heterocycles. The SMILES string of the molecule is CCOC(=O)c1cc(N(C)c2ccccc2)n(C)n1. The number of para-hydroxylation sites is 1. The average molecular weight is 259 g/mol. The largest absolute Gasteiger partial charge is 0.461 e. The van der Waals surface area contributed by atoms with E-state index >= 15 is 0 Å². The maximum Gasteiger partial charge on any atom is 0.358 e. The molecule has 0 spiro atoms. The van der Waals surface area contributed by atoms with E-state index in [0.717, 1.165) is 11.5 Å². The Kier molecular flexibility index (Phi) is 3.85. The lowest BCUT2D eigenvalue weighted by atomic mass is 10.3. The second-order valence-corrected chi connectivity index (χ2v) is 4.13. The van der Waals surface area contributed by atoms with Crippen molar-refractivity contribution in [1.29, 1.82) is 0 Å². The van der Waals surface area contributed by atoms with Gasteiger partial charge >= 0.3 is 5.97 Å². The molecule has 0 unspecified atom stereocenters. The third-order valence-electron chi connectivity index (χ3n) is 2.83. The molecule has 0 N–H and O–H groups in total. The maximum atomic E-state index is 11.7. The lowest BCUT2D eigenvalue weighted by Gasteiger charge is -2.18. The van der Waals surface area contributed by atoms with E-state index in [0.29, 0.717) is 12.3 Å². The Bertz CT molecular complexity index is 563. The molecule has 0 aliphatic rings. The van der Waals surface area contributed by atoms with Gasteiger partial charge in [-0.3, -0.25) is 4.68 Å². The summed E-state index contributed by atoms with van der Waals surface area (Å²) < 4.78 is 6.61. The summed E-state index contributed by atoms with van der Waals surface area (Å²) in [6.07, 6.45) is 0. The summed E-state index contributed by atoms with van der Waals surface area (Å²) in [5, 5.41) is 4.18. The normalized spacial score (nSPS) is 10.3. The Morgan fingerprint density at radius 1 is 1.37 bits per heavy atom. The Morgan fingerprint density at radius 3 is 2.68 bits per heavy atom. The molecule has 0 radical (unpaired) electrons. The van der Waals surface area contributed by atoms with Crippen LogP contribution in [-0.4, -0.2) is 29.4 Å². The molecule has 5 nitrogen and oxygen atoms in total. The number of benzene rings is 1. The van der Waals surface area contributed by atoms with Gasteiger partial charge in [-0.2, -0.15) is 5.10 Å². The first-order valence-electron chi connectivity index (χ1n) is 6.13. The number of nitrogens with zero attached hydrogens (tertiary/aromatic N) is 3. The number of ether oxygens (including phenoxy) is 1.